The summed E-state index contributed by atoms with van der Waals surface area (Å²) in [4.78, 5) is 2.54. The first kappa shape index (κ1) is 16.1. The first-order valence-electron chi connectivity index (χ1n) is 7.81. The van der Waals surface area contributed by atoms with Crippen molar-refractivity contribution in [2.45, 2.75) is 45.6 Å². The summed E-state index contributed by atoms with van der Waals surface area (Å²) in [5.41, 5.74) is 0. The predicted octanol–water partition coefficient (Wildman–Crippen LogP) is 3.18. The van der Waals surface area contributed by atoms with E-state index in [9.17, 15) is 0 Å². The monoisotopic (exact) mass is 384 g/mol. The van der Waals surface area contributed by atoms with Crippen molar-refractivity contribution in [2.24, 2.45) is 11.8 Å². The maximum atomic E-state index is 3.37. The van der Waals surface area contributed by atoms with Gasteiger partial charge < -0.3 is 4.90 Å². The minimum atomic E-state index is 0.565. The molecule has 0 atom stereocenters. The molecule has 0 bridgehead atoms. The lowest BCUT2D eigenvalue weighted by atomic mass is 9.96. The van der Waals surface area contributed by atoms with Crippen LogP contribution in [-0.2, 0) is 0 Å². The molecule has 2 fully saturated rings. The Hall–Kier alpha value is -0.230. The van der Waals surface area contributed by atoms with Gasteiger partial charge in [0.15, 0.2) is 0 Å². The molecule has 2 saturated heterocycles. The maximum Gasteiger partial charge on any atom is 0.0238 e. The van der Waals surface area contributed by atoms with Crippen molar-refractivity contribution in [3.63, 3.8) is 0 Å². The molecule has 110 valence electrons. The lowest BCUT2D eigenvalue weighted by molar-refractivity contribution is 0.167. The Morgan fingerprint density at radius 3 is 1.75 bits per heavy atom. The van der Waals surface area contributed by atoms with E-state index in [-0.39, 0.29) is 0 Å². The van der Waals surface area contributed by atoms with Gasteiger partial charge in [-0.25, -0.2) is 3.11 Å². The normalized spacial score (nSPS) is 23.0. The summed E-state index contributed by atoms with van der Waals surface area (Å²) in [6.45, 7) is 9.27. The quantitative estimate of drug-likeness (QED) is 0.389. The van der Waals surface area contributed by atoms with E-state index in [1.165, 1.54) is 51.9 Å². The van der Waals surface area contributed by atoms with E-state index in [4.69, 9.17) is 0 Å². The summed E-state index contributed by atoms with van der Waals surface area (Å²) >= 11 is 2.40. The average Bonchev–Trinajstić information content (AvgIpc) is 2.46. The van der Waals surface area contributed by atoms with Gasteiger partial charge in [-0.15, -0.1) is 0 Å². The second-order valence-electron chi connectivity index (χ2n) is 6.13. The van der Waals surface area contributed by atoms with Crippen LogP contribution in [0.1, 0.15) is 39.5 Å². The standard InChI is InChI=1S/C17H25IN2/c1-15(2)19-11-7-16(8-12-19)5-3-4-6-17-9-13-20(18)14-10-17/h15-17H,7-14H2,1-2H3. The molecule has 2 heterocycles. The molecule has 0 unspecified atom stereocenters. The van der Waals surface area contributed by atoms with E-state index in [2.05, 4.69) is 68.4 Å². The molecular weight excluding hydrogens is 359 g/mol. The summed E-state index contributed by atoms with van der Waals surface area (Å²) < 4.78 is 2.35. The largest absolute Gasteiger partial charge is 0.301 e. The molecule has 20 heavy (non-hydrogen) atoms. The van der Waals surface area contributed by atoms with Gasteiger partial charge in [0.05, 0.1) is 0 Å². The highest BCUT2D eigenvalue weighted by molar-refractivity contribution is 14.1. The molecule has 0 saturated carbocycles. The summed E-state index contributed by atoms with van der Waals surface area (Å²) in [6.07, 6.45) is 4.81. The Balaban J connectivity index is 1.73. The smallest absolute Gasteiger partial charge is 0.0238 e. The van der Waals surface area contributed by atoms with Crippen LogP contribution in [0.5, 0.6) is 0 Å². The van der Waals surface area contributed by atoms with Crippen molar-refractivity contribution in [1.29, 1.82) is 0 Å². The zero-order valence-electron chi connectivity index (χ0n) is 12.7. The van der Waals surface area contributed by atoms with E-state index >= 15 is 0 Å². The van der Waals surface area contributed by atoms with E-state index < -0.39 is 0 Å². The third-order valence-electron chi connectivity index (χ3n) is 4.32. The molecule has 0 aromatic rings. The van der Waals surface area contributed by atoms with Gasteiger partial charge in [-0.3, -0.25) is 0 Å². The van der Waals surface area contributed by atoms with Crippen LogP contribution in [0.25, 0.3) is 0 Å². The maximum absolute atomic E-state index is 3.37. The number of hydrogen-bond acceptors (Lipinski definition) is 2. The van der Waals surface area contributed by atoms with Crippen LogP contribution in [0, 0.1) is 35.5 Å². The van der Waals surface area contributed by atoms with Crippen molar-refractivity contribution in [3.8, 4) is 23.7 Å². The van der Waals surface area contributed by atoms with Crippen molar-refractivity contribution in [2.75, 3.05) is 26.2 Å². The number of halogens is 1. The van der Waals surface area contributed by atoms with Crippen LogP contribution in [0.2, 0.25) is 0 Å². The van der Waals surface area contributed by atoms with E-state index in [1.54, 1.807) is 0 Å². The third-order valence-corrected chi connectivity index (χ3v) is 5.28. The molecule has 0 aromatic heterocycles. The average molecular weight is 384 g/mol. The van der Waals surface area contributed by atoms with Gasteiger partial charge in [-0.05, 0) is 64.5 Å². The zero-order valence-corrected chi connectivity index (χ0v) is 14.8. The zero-order chi connectivity index (χ0) is 14.4. The van der Waals surface area contributed by atoms with Crippen LogP contribution >= 0.6 is 22.9 Å². The Morgan fingerprint density at radius 2 is 1.30 bits per heavy atom. The van der Waals surface area contributed by atoms with E-state index in [0.717, 1.165) is 0 Å². The first-order valence-corrected chi connectivity index (χ1v) is 8.77. The van der Waals surface area contributed by atoms with Crippen LogP contribution in [0.15, 0.2) is 0 Å². The highest BCUT2D eigenvalue weighted by Crippen LogP contribution is 2.19. The van der Waals surface area contributed by atoms with Crippen molar-refractivity contribution < 1.29 is 0 Å². The molecule has 2 aliphatic heterocycles. The predicted molar refractivity (Wildman–Crippen MR) is 93.3 cm³/mol. The van der Waals surface area contributed by atoms with Crippen molar-refractivity contribution >= 4 is 22.9 Å². The molecule has 0 aliphatic carbocycles. The second kappa shape index (κ2) is 8.27. The highest BCUT2D eigenvalue weighted by Gasteiger charge is 2.19. The van der Waals surface area contributed by atoms with Gasteiger partial charge in [0.2, 0.25) is 0 Å². The minimum absolute atomic E-state index is 0.565. The van der Waals surface area contributed by atoms with Gasteiger partial charge in [0, 0.05) is 53.8 Å². The molecule has 0 spiro atoms. The SMILES string of the molecule is CC(C)N1CCC(C#CC#CC2CCN(I)CC2)CC1. The Morgan fingerprint density at radius 1 is 0.850 bits per heavy atom. The molecule has 0 N–H and O–H groups in total. The fourth-order valence-electron chi connectivity index (χ4n) is 2.83. The Labute approximate surface area is 138 Å². The number of likely N-dealkylation sites (tertiary alicyclic amines) is 1. The van der Waals surface area contributed by atoms with Crippen molar-refractivity contribution in [1.82, 2.24) is 8.01 Å². The minimum Gasteiger partial charge on any atom is -0.301 e. The lowest BCUT2D eigenvalue weighted by Crippen LogP contribution is -2.38. The molecular formula is C17H25IN2. The fraction of sp³-hybridized carbons (Fsp3) is 0.765. The molecule has 0 amide bonds. The topological polar surface area (TPSA) is 6.48 Å². The van der Waals surface area contributed by atoms with Gasteiger partial charge in [-0.1, -0.05) is 11.8 Å². The highest BCUT2D eigenvalue weighted by atomic mass is 127. The fourth-order valence-corrected chi connectivity index (χ4v) is 3.39. The third kappa shape index (κ3) is 5.28. The number of rotatable bonds is 1. The van der Waals surface area contributed by atoms with Gasteiger partial charge in [-0.2, -0.15) is 0 Å². The Bertz CT molecular complexity index is 408. The summed E-state index contributed by atoms with van der Waals surface area (Å²) in [6, 6.07) is 0.674. The second-order valence-corrected chi connectivity index (χ2v) is 7.49. The number of nitrogens with zero attached hydrogens (tertiary/aromatic N) is 2. The van der Waals surface area contributed by atoms with Crippen LogP contribution in [-0.4, -0.2) is 40.2 Å². The molecule has 0 aromatic carbocycles. The molecule has 2 aliphatic rings. The molecule has 0 radical (unpaired) electrons. The first-order chi connectivity index (χ1) is 9.65. The molecule has 2 rings (SSSR count). The van der Waals surface area contributed by atoms with E-state index in [0.29, 0.717) is 17.9 Å². The summed E-state index contributed by atoms with van der Waals surface area (Å²) in [5, 5.41) is 0. The molecule has 2 nitrogen and oxygen atoms in total. The summed E-state index contributed by atoms with van der Waals surface area (Å²) in [5.74, 6) is 14.1. The van der Waals surface area contributed by atoms with Gasteiger partial charge >= 0.3 is 0 Å². The van der Waals surface area contributed by atoms with E-state index in [1.807, 2.05) is 0 Å². The van der Waals surface area contributed by atoms with Gasteiger partial charge in [0.25, 0.3) is 0 Å². The number of hydrogen-bond donors (Lipinski definition) is 0. The summed E-state index contributed by atoms with van der Waals surface area (Å²) in [7, 11) is 0. The van der Waals surface area contributed by atoms with Gasteiger partial charge in [0.1, 0.15) is 0 Å². The van der Waals surface area contributed by atoms with Crippen LogP contribution in [0.3, 0.4) is 0 Å². The van der Waals surface area contributed by atoms with Crippen LogP contribution < -0.4 is 0 Å². The number of piperidine rings is 2. The van der Waals surface area contributed by atoms with Crippen LogP contribution in [0.4, 0.5) is 0 Å². The van der Waals surface area contributed by atoms with Crippen molar-refractivity contribution in [3.05, 3.63) is 0 Å². The molecule has 3 heteroatoms. The Kier molecular flexibility index (Phi) is 6.68. The lowest BCUT2D eigenvalue weighted by Gasteiger charge is -2.32.